The van der Waals surface area contributed by atoms with E-state index in [1.165, 1.54) is 18.9 Å². The molecular formula is C18H24N2O5. The Balaban J connectivity index is 1.92. The first-order valence-corrected chi connectivity index (χ1v) is 8.23. The van der Waals surface area contributed by atoms with Crippen molar-refractivity contribution in [1.29, 1.82) is 0 Å². The lowest BCUT2D eigenvalue weighted by molar-refractivity contribution is -0.173. The van der Waals surface area contributed by atoms with Crippen molar-refractivity contribution in [3.05, 3.63) is 35.4 Å². The fourth-order valence-corrected chi connectivity index (χ4v) is 2.85. The van der Waals surface area contributed by atoms with Gasteiger partial charge in [-0.2, -0.15) is 0 Å². The zero-order chi connectivity index (χ0) is 18.6. The van der Waals surface area contributed by atoms with E-state index in [2.05, 4.69) is 5.32 Å². The van der Waals surface area contributed by atoms with Crippen LogP contribution in [0.25, 0.3) is 0 Å². The van der Waals surface area contributed by atoms with E-state index >= 15 is 0 Å². The molecule has 1 atom stereocenters. The molecule has 2 rings (SSSR count). The van der Waals surface area contributed by atoms with Crippen molar-refractivity contribution in [3.8, 4) is 0 Å². The number of hydrogen-bond donors (Lipinski definition) is 2. The SMILES string of the molecule is COC(C)(C(=O)O)C(=O)N1CCC(NC(=O)c2cccc(C)c2)CC1. The van der Waals surface area contributed by atoms with Crippen LogP contribution in [0.1, 0.15) is 35.7 Å². The number of piperidine rings is 1. The zero-order valence-corrected chi connectivity index (χ0v) is 14.7. The molecule has 0 bridgehead atoms. The van der Waals surface area contributed by atoms with Crippen molar-refractivity contribution >= 4 is 17.8 Å². The molecule has 0 aromatic heterocycles. The molecule has 2 amide bonds. The highest BCUT2D eigenvalue weighted by Crippen LogP contribution is 2.19. The molecule has 1 unspecified atom stereocenters. The number of nitrogens with one attached hydrogen (secondary N) is 1. The predicted molar refractivity (Wildman–Crippen MR) is 91.3 cm³/mol. The van der Waals surface area contributed by atoms with Gasteiger partial charge in [0.1, 0.15) is 0 Å². The van der Waals surface area contributed by atoms with Crippen LogP contribution in [0.5, 0.6) is 0 Å². The third-order valence-electron chi connectivity index (χ3n) is 4.62. The van der Waals surface area contributed by atoms with Crippen molar-refractivity contribution in [1.82, 2.24) is 10.2 Å². The molecule has 1 aliphatic heterocycles. The number of carboxylic acid groups (broad SMARTS) is 1. The van der Waals surface area contributed by atoms with E-state index in [1.807, 2.05) is 25.1 Å². The summed E-state index contributed by atoms with van der Waals surface area (Å²) >= 11 is 0. The minimum absolute atomic E-state index is 0.0457. The number of carboxylic acids is 1. The molecule has 1 aromatic carbocycles. The van der Waals surface area contributed by atoms with Crippen molar-refractivity contribution in [2.24, 2.45) is 0 Å². The summed E-state index contributed by atoms with van der Waals surface area (Å²) < 4.78 is 4.91. The summed E-state index contributed by atoms with van der Waals surface area (Å²) in [5, 5.41) is 12.2. The third-order valence-corrected chi connectivity index (χ3v) is 4.62. The average molecular weight is 348 g/mol. The number of likely N-dealkylation sites (tertiary alicyclic amines) is 1. The number of benzene rings is 1. The van der Waals surface area contributed by atoms with E-state index in [4.69, 9.17) is 4.74 Å². The number of hydrogen-bond acceptors (Lipinski definition) is 4. The molecule has 0 spiro atoms. The van der Waals surface area contributed by atoms with Crippen molar-refractivity contribution in [2.45, 2.75) is 38.3 Å². The van der Waals surface area contributed by atoms with Gasteiger partial charge in [-0.25, -0.2) is 4.79 Å². The average Bonchev–Trinajstić information content (AvgIpc) is 2.60. The summed E-state index contributed by atoms with van der Waals surface area (Å²) in [5.41, 5.74) is -0.255. The summed E-state index contributed by atoms with van der Waals surface area (Å²) in [5.74, 6) is -2.01. The Morgan fingerprint density at radius 3 is 2.44 bits per heavy atom. The van der Waals surface area contributed by atoms with Gasteiger partial charge in [-0.3, -0.25) is 9.59 Å². The number of aryl methyl sites for hydroxylation is 1. The van der Waals surface area contributed by atoms with Gasteiger partial charge >= 0.3 is 5.97 Å². The van der Waals surface area contributed by atoms with Gasteiger partial charge in [-0.1, -0.05) is 17.7 Å². The maximum Gasteiger partial charge on any atom is 0.345 e. The Morgan fingerprint density at radius 1 is 1.28 bits per heavy atom. The molecule has 0 saturated carbocycles. The summed E-state index contributed by atoms with van der Waals surface area (Å²) in [4.78, 5) is 37.5. The van der Waals surface area contributed by atoms with Gasteiger partial charge in [0, 0.05) is 31.8 Å². The number of nitrogens with zero attached hydrogens (tertiary/aromatic N) is 1. The van der Waals surface area contributed by atoms with Crippen LogP contribution in [0.4, 0.5) is 0 Å². The predicted octanol–water partition coefficient (Wildman–Crippen LogP) is 1.21. The molecule has 7 nitrogen and oxygen atoms in total. The Kier molecular flexibility index (Phi) is 5.79. The largest absolute Gasteiger partial charge is 0.479 e. The lowest BCUT2D eigenvalue weighted by Crippen LogP contribution is -2.56. The number of ether oxygens (including phenoxy) is 1. The van der Waals surface area contributed by atoms with Crippen LogP contribution in [0.15, 0.2) is 24.3 Å². The highest BCUT2D eigenvalue weighted by Gasteiger charge is 2.45. The van der Waals surface area contributed by atoms with Gasteiger partial charge in [0.25, 0.3) is 11.8 Å². The molecular weight excluding hydrogens is 324 g/mol. The Hall–Kier alpha value is -2.41. The van der Waals surface area contributed by atoms with Crippen molar-refractivity contribution in [3.63, 3.8) is 0 Å². The van der Waals surface area contributed by atoms with E-state index in [0.29, 0.717) is 31.5 Å². The monoisotopic (exact) mass is 348 g/mol. The van der Waals surface area contributed by atoms with Crippen LogP contribution in [0.2, 0.25) is 0 Å². The van der Waals surface area contributed by atoms with Gasteiger partial charge in [0.05, 0.1) is 0 Å². The standard InChI is InChI=1S/C18H24N2O5/c1-12-5-4-6-13(11-12)15(21)19-14-7-9-20(10-8-14)16(22)18(2,25-3)17(23)24/h4-6,11,14H,7-10H2,1-3H3,(H,19,21)(H,23,24). The van der Waals surface area contributed by atoms with Crippen LogP contribution in [0.3, 0.4) is 0 Å². The normalized spacial score (nSPS) is 17.6. The number of methoxy groups -OCH3 is 1. The Morgan fingerprint density at radius 2 is 1.92 bits per heavy atom. The van der Waals surface area contributed by atoms with Crippen LogP contribution in [-0.4, -0.2) is 59.6 Å². The fourth-order valence-electron chi connectivity index (χ4n) is 2.85. The molecule has 7 heteroatoms. The van der Waals surface area contributed by atoms with E-state index in [0.717, 1.165) is 5.56 Å². The minimum atomic E-state index is -1.88. The highest BCUT2D eigenvalue weighted by molar-refractivity contribution is 6.05. The second-order valence-electron chi connectivity index (χ2n) is 6.45. The van der Waals surface area contributed by atoms with Crippen molar-refractivity contribution in [2.75, 3.05) is 20.2 Å². The highest BCUT2D eigenvalue weighted by atomic mass is 16.5. The molecule has 2 N–H and O–H groups in total. The smallest absolute Gasteiger partial charge is 0.345 e. The van der Waals surface area contributed by atoms with Gasteiger partial charge < -0.3 is 20.1 Å². The van der Waals surface area contributed by atoms with Crippen LogP contribution in [0, 0.1) is 6.92 Å². The molecule has 0 radical (unpaired) electrons. The summed E-state index contributed by atoms with van der Waals surface area (Å²) in [6, 6.07) is 7.30. The third kappa shape index (κ3) is 4.17. The first kappa shape index (κ1) is 18.9. The van der Waals surface area contributed by atoms with E-state index in [1.54, 1.807) is 6.07 Å². The van der Waals surface area contributed by atoms with Crippen LogP contribution in [-0.2, 0) is 14.3 Å². The lowest BCUT2D eigenvalue weighted by Gasteiger charge is -2.36. The first-order chi connectivity index (χ1) is 11.8. The molecule has 1 aliphatic rings. The maximum absolute atomic E-state index is 12.4. The van der Waals surface area contributed by atoms with E-state index < -0.39 is 17.5 Å². The lowest BCUT2D eigenvalue weighted by atomic mass is 9.99. The van der Waals surface area contributed by atoms with Crippen molar-refractivity contribution < 1.29 is 24.2 Å². The van der Waals surface area contributed by atoms with Gasteiger partial charge in [-0.05, 0) is 38.8 Å². The molecule has 1 heterocycles. The minimum Gasteiger partial charge on any atom is -0.479 e. The number of aliphatic carboxylic acids is 1. The molecule has 25 heavy (non-hydrogen) atoms. The molecule has 136 valence electrons. The van der Waals surface area contributed by atoms with Crippen LogP contribution >= 0.6 is 0 Å². The number of carbonyl (C=O) groups is 3. The molecule has 0 aliphatic carbocycles. The molecule has 1 saturated heterocycles. The first-order valence-electron chi connectivity index (χ1n) is 8.23. The van der Waals surface area contributed by atoms with Gasteiger partial charge in [-0.15, -0.1) is 0 Å². The molecule has 1 aromatic rings. The Bertz CT molecular complexity index is 667. The van der Waals surface area contributed by atoms with E-state index in [9.17, 15) is 19.5 Å². The number of rotatable bonds is 5. The summed E-state index contributed by atoms with van der Waals surface area (Å²) in [6.45, 7) is 3.94. The zero-order valence-electron chi connectivity index (χ0n) is 14.7. The molecule has 1 fully saturated rings. The van der Waals surface area contributed by atoms with Gasteiger partial charge in [0.2, 0.25) is 5.60 Å². The maximum atomic E-state index is 12.4. The quantitative estimate of drug-likeness (QED) is 0.780. The van der Waals surface area contributed by atoms with Crippen LogP contribution < -0.4 is 5.32 Å². The second-order valence-corrected chi connectivity index (χ2v) is 6.45. The van der Waals surface area contributed by atoms with E-state index in [-0.39, 0.29) is 11.9 Å². The Labute approximate surface area is 147 Å². The van der Waals surface area contributed by atoms with Gasteiger partial charge in [0.15, 0.2) is 0 Å². The topological polar surface area (TPSA) is 95.9 Å². The summed E-state index contributed by atoms with van der Waals surface area (Å²) in [7, 11) is 1.21. The number of carbonyl (C=O) groups excluding carboxylic acids is 2. The summed E-state index contributed by atoms with van der Waals surface area (Å²) in [6.07, 6.45) is 1.14. The fraction of sp³-hybridized carbons (Fsp3) is 0.500. The second kappa shape index (κ2) is 7.65. The number of amides is 2.